The van der Waals surface area contributed by atoms with E-state index in [9.17, 15) is 0 Å². The molecule has 0 radical (unpaired) electrons. The van der Waals surface area contributed by atoms with Crippen molar-refractivity contribution in [1.82, 2.24) is 0 Å². The van der Waals surface area contributed by atoms with Gasteiger partial charge in [0.2, 0.25) is 0 Å². The minimum Gasteiger partial charge on any atom is -0.0651 e. The molecule has 0 heterocycles. The summed E-state index contributed by atoms with van der Waals surface area (Å²) in [6.45, 7) is 11.9. The van der Waals surface area contributed by atoms with E-state index >= 15 is 0 Å². The van der Waals surface area contributed by atoms with Gasteiger partial charge in [0.15, 0.2) is 0 Å². The Morgan fingerprint density at radius 2 is 1.86 bits per heavy atom. The molecule has 0 bridgehead atoms. The van der Waals surface area contributed by atoms with Gasteiger partial charge in [-0.25, -0.2) is 0 Å². The lowest BCUT2D eigenvalue weighted by atomic mass is 9.59. The van der Waals surface area contributed by atoms with Crippen molar-refractivity contribution in [2.45, 2.75) is 60.3 Å². The Balaban J connectivity index is 2.26. The fraction of sp³-hybridized carbons (Fsp3) is 1.00. The van der Waals surface area contributed by atoms with Gasteiger partial charge in [0, 0.05) is 0 Å². The fourth-order valence-electron chi connectivity index (χ4n) is 3.27. The summed E-state index contributed by atoms with van der Waals surface area (Å²) in [5.41, 5.74) is 0. The van der Waals surface area contributed by atoms with E-state index in [4.69, 9.17) is 0 Å². The summed E-state index contributed by atoms with van der Waals surface area (Å²) in [7, 11) is 0. The molecule has 0 spiro atoms. The Kier molecular flexibility index (Phi) is 4.47. The van der Waals surface area contributed by atoms with Crippen molar-refractivity contribution in [2.75, 3.05) is 0 Å². The number of hydrogen-bond donors (Lipinski definition) is 0. The van der Waals surface area contributed by atoms with Crippen molar-refractivity contribution in [3.8, 4) is 0 Å². The van der Waals surface area contributed by atoms with Gasteiger partial charge in [0.25, 0.3) is 0 Å². The third-order valence-corrected chi connectivity index (χ3v) is 4.37. The largest absolute Gasteiger partial charge is 0.0651 e. The van der Waals surface area contributed by atoms with Crippen molar-refractivity contribution in [1.29, 1.82) is 0 Å². The highest BCUT2D eigenvalue weighted by Gasteiger charge is 2.38. The van der Waals surface area contributed by atoms with Crippen LogP contribution in [0.1, 0.15) is 60.3 Å². The van der Waals surface area contributed by atoms with Gasteiger partial charge < -0.3 is 0 Å². The van der Waals surface area contributed by atoms with E-state index in [0.29, 0.717) is 0 Å². The van der Waals surface area contributed by atoms with Crippen LogP contribution in [0.15, 0.2) is 0 Å². The summed E-state index contributed by atoms with van der Waals surface area (Å²) in [6.07, 6.45) is 5.80. The van der Waals surface area contributed by atoms with Gasteiger partial charge in [-0.2, -0.15) is 0 Å². The fourth-order valence-corrected chi connectivity index (χ4v) is 3.27. The minimum absolute atomic E-state index is 0.903. The lowest BCUT2D eigenvalue weighted by Gasteiger charge is -2.46. The standard InChI is InChI=1S/C14H28/c1-6-11(4)7-8-13-9-12(5)14(13)10(2)3/h10-14H,6-9H2,1-5H3. The van der Waals surface area contributed by atoms with Gasteiger partial charge in [0.05, 0.1) is 0 Å². The lowest BCUT2D eigenvalue weighted by Crippen LogP contribution is -2.38. The van der Waals surface area contributed by atoms with Crippen LogP contribution < -0.4 is 0 Å². The van der Waals surface area contributed by atoms with E-state index < -0.39 is 0 Å². The highest BCUT2D eigenvalue weighted by molar-refractivity contribution is 4.88. The maximum atomic E-state index is 2.43. The zero-order valence-corrected chi connectivity index (χ0v) is 10.7. The topological polar surface area (TPSA) is 0 Å². The molecule has 4 unspecified atom stereocenters. The van der Waals surface area contributed by atoms with E-state index in [0.717, 1.165) is 29.6 Å². The van der Waals surface area contributed by atoms with Crippen molar-refractivity contribution >= 4 is 0 Å². The third kappa shape index (κ3) is 2.74. The molecule has 0 nitrogen and oxygen atoms in total. The predicted octanol–water partition coefficient (Wildman–Crippen LogP) is 4.74. The molecule has 0 aromatic heterocycles. The van der Waals surface area contributed by atoms with E-state index in [1.807, 2.05) is 0 Å². The summed E-state index contributed by atoms with van der Waals surface area (Å²) in [6, 6.07) is 0. The predicted molar refractivity (Wildman–Crippen MR) is 64.3 cm³/mol. The third-order valence-electron chi connectivity index (χ3n) is 4.37. The first-order chi connectivity index (χ1) is 6.56. The first-order valence-electron chi connectivity index (χ1n) is 6.56. The maximum Gasteiger partial charge on any atom is -0.0337 e. The molecule has 1 fully saturated rings. The van der Waals surface area contributed by atoms with Crippen molar-refractivity contribution in [2.24, 2.45) is 29.6 Å². The van der Waals surface area contributed by atoms with Gasteiger partial charge in [0.1, 0.15) is 0 Å². The number of rotatable bonds is 5. The van der Waals surface area contributed by atoms with E-state index in [2.05, 4.69) is 34.6 Å². The quantitative estimate of drug-likeness (QED) is 0.595. The Hall–Kier alpha value is 0. The minimum atomic E-state index is 0.903. The highest BCUT2D eigenvalue weighted by Crippen LogP contribution is 2.47. The molecule has 0 saturated heterocycles. The lowest BCUT2D eigenvalue weighted by molar-refractivity contribution is 0.0330. The summed E-state index contributed by atoms with van der Waals surface area (Å²) in [4.78, 5) is 0. The molecule has 1 aliphatic carbocycles. The Bertz CT molecular complexity index is 155. The summed E-state index contributed by atoms with van der Waals surface area (Å²) in [5.74, 6) is 4.93. The molecule has 84 valence electrons. The highest BCUT2D eigenvalue weighted by atomic mass is 14.4. The maximum absolute atomic E-state index is 2.43. The SMILES string of the molecule is CCC(C)CCC1CC(C)C1C(C)C. The first-order valence-corrected chi connectivity index (χ1v) is 6.56. The molecule has 14 heavy (non-hydrogen) atoms. The van der Waals surface area contributed by atoms with E-state index in [1.165, 1.54) is 25.7 Å². The van der Waals surface area contributed by atoms with Crippen molar-refractivity contribution in [3.63, 3.8) is 0 Å². The molecule has 0 heteroatoms. The van der Waals surface area contributed by atoms with Crippen LogP contribution in [0.5, 0.6) is 0 Å². The Morgan fingerprint density at radius 1 is 1.21 bits per heavy atom. The summed E-state index contributed by atoms with van der Waals surface area (Å²) in [5, 5.41) is 0. The van der Waals surface area contributed by atoms with E-state index in [1.54, 1.807) is 0 Å². The van der Waals surface area contributed by atoms with Gasteiger partial charge in [-0.3, -0.25) is 0 Å². The molecule has 0 aliphatic heterocycles. The average molecular weight is 196 g/mol. The van der Waals surface area contributed by atoms with Crippen LogP contribution in [0.25, 0.3) is 0 Å². The summed E-state index contributed by atoms with van der Waals surface area (Å²) < 4.78 is 0. The average Bonchev–Trinajstić information content (AvgIpc) is 2.09. The molecule has 0 amide bonds. The van der Waals surface area contributed by atoms with Crippen LogP contribution in [-0.4, -0.2) is 0 Å². The van der Waals surface area contributed by atoms with Gasteiger partial charge in [-0.15, -0.1) is 0 Å². The molecular weight excluding hydrogens is 168 g/mol. The molecule has 0 N–H and O–H groups in total. The molecular formula is C14H28. The summed E-state index contributed by atoms with van der Waals surface area (Å²) >= 11 is 0. The number of hydrogen-bond acceptors (Lipinski definition) is 0. The zero-order valence-electron chi connectivity index (χ0n) is 10.7. The molecule has 4 atom stereocenters. The second kappa shape index (κ2) is 5.19. The smallest absolute Gasteiger partial charge is 0.0337 e. The molecule has 1 saturated carbocycles. The monoisotopic (exact) mass is 196 g/mol. The van der Waals surface area contributed by atoms with Crippen molar-refractivity contribution in [3.05, 3.63) is 0 Å². The Labute approximate surface area is 90.5 Å². The normalized spacial score (nSPS) is 34.3. The second-order valence-electron chi connectivity index (χ2n) is 5.89. The van der Waals surface area contributed by atoms with Gasteiger partial charge in [-0.05, 0) is 42.4 Å². The first kappa shape index (κ1) is 12.1. The second-order valence-corrected chi connectivity index (χ2v) is 5.89. The van der Waals surface area contributed by atoms with Crippen LogP contribution in [0.4, 0.5) is 0 Å². The van der Waals surface area contributed by atoms with Crippen molar-refractivity contribution < 1.29 is 0 Å². The van der Waals surface area contributed by atoms with Crippen LogP contribution >= 0.6 is 0 Å². The van der Waals surface area contributed by atoms with Crippen LogP contribution in [-0.2, 0) is 0 Å². The van der Waals surface area contributed by atoms with Crippen LogP contribution in [0, 0.1) is 29.6 Å². The zero-order chi connectivity index (χ0) is 10.7. The van der Waals surface area contributed by atoms with Gasteiger partial charge >= 0.3 is 0 Å². The molecule has 0 aromatic carbocycles. The molecule has 0 aromatic rings. The Morgan fingerprint density at radius 3 is 2.29 bits per heavy atom. The molecule has 1 aliphatic rings. The van der Waals surface area contributed by atoms with E-state index in [-0.39, 0.29) is 0 Å². The van der Waals surface area contributed by atoms with Crippen LogP contribution in [0.2, 0.25) is 0 Å². The molecule has 1 rings (SSSR count). The van der Waals surface area contributed by atoms with Crippen LogP contribution in [0.3, 0.4) is 0 Å². The van der Waals surface area contributed by atoms with Gasteiger partial charge in [-0.1, -0.05) is 47.5 Å².